The summed E-state index contributed by atoms with van der Waals surface area (Å²) in [6, 6.07) is 0. The molecule has 0 saturated carbocycles. The van der Waals surface area contributed by atoms with E-state index in [1.807, 2.05) is 0 Å². The Morgan fingerprint density at radius 1 is 1.10 bits per heavy atom. The number of nitrogens with zero attached hydrogens (tertiary/aromatic N) is 1. The van der Waals surface area contributed by atoms with Crippen LogP contribution in [0.4, 0.5) is 0 Å². The van der Waals surface area contributed by atoms with Crippen molar-refractivity contribution in [3.63, 3.8) is 0 Å². The van der Waals surface area contributed by atoms with E-state index in [-0.39, 0.29) is 0 Å². The van der Waals surface area contributed by atoms with Crippen molar-refractivity contribution in [3.05, 3.63) is 12.2 Å². The third-order valence-electron chi connectivity index (χ3n) is 2.73. The van der Waals surface area contributed by atoms with E-state index in [1.54, 1.807) is 0 Å². The quantitative estimate of drug-likeness (QED) is 0.449. The molecule has 1 aliphatic carbocycles. The molecule has 1 radical (unpaired) electrons. The van der Waals surface area contributed by atoms with Crippen molar-refractivity contribution in [1.82, 2.24) is 5.32 Å². The lowest BCUT2D eigenvalue weighted by Crippen LogP contribution is -2.33. The molecule has 0 bridgehead atoms. The largest absolute Gasteiger partial charge is 0.241 e. The molecule has 2 aliphatic rings. The SMILES string of the molecule is C1=CCC2C[N]CCC2C1. The van der Waals surface area contributed by atoms with Crippen LogP contribution in [-0.2, 0) is 0 Å². The fourth-order valence-corrected chi connectivity index (χ4v) is 2.02. The van der Waals surface area contributed by atoms with E-state index in [0.717, 1.165) is 24.9 Å². The van der Waals surface area contributed by atoms with Gasteiger partial charge in [-0.3, -0.25) is 0 Å². The van der Waals surface area contributed by atoms with Gasteiger partial charge in [0.2, 0.25) is 0 Å². The Balaban J connectivity index is 2.01. The van der Waals surface area contributed by atoms with Gasteiger partial charge in [0.25, 0.3) is 0 Å². The van der Waals surface area contributed by atoms with Crippen molar-refractivity contribution in [2.45, 2.75) is 19.3 Å². The normalized spacial score (nSPS) is 39.2. The maximum absolute atomic E-state index is 4.43. The topological polar surface area (TPSA) is 14.1 Å². The van der Waals surface area contributed by atoms with Crippen LogP contribution in [0.3, 0.4) is 0 Å². The highest BCUT2D eigenvalue weighted by molar-refractivity contribution is 4.96. The number of allylic oxidation sites excluding steroid dienone is 2. The smallest absolute Gasteiger partial charge is 0.0167 e. The van der Waals surface area contributed by atoms with Crippen LogP contribution in [0.15, 0.2) is 12.2 Å². The standard InChI is InChI=1S/C9H14N/c1-2-4-9-7-10-6-5-8(9)3-1/h1-2,8-9H,3-7H2. The van der Waals surface area contributed by atoms with Gasteiger partial charge >= 0.3 is 0 Å². The first-order chi connectivity index (χ1) is 4.97. The van der Waals surface area contributed by atoms with Gasteiger partial charge in [-0.25, -0.2) is 5.32 Å². The molecule has 1 fully saturated rings. The molecule has 2 rings (SSSR count). The van der Waals surface area contributed by atoms with Gasteiger partial charge in [0.15, 0.2) is 0 Å². The van der Waals surface area contributed by atoms with Gasteiger partial charge < -0.3 is 0 Å². The Morgan fingerprint density at radius 2 is 1.90 bits per heavy atom. The van der Waals surface area contributed by atoms with E-state index >= 15 is 0 Å². The Kier molecular flexibility index (Phi) is 1.76. The maximum atomic E-state index is 4.43. The maximum Gasteiger partial charge on any atom is 0.0167 e. The first-order valence-electron chi connectivity index (χ1n) is 4.25. The number of fused-ring (bicyclic) bond motifs is 1. The zero-order valence-corrected chi connectivity index (χ0v) is 6.29. The minimum Gasteiger partial charge on any atom is -0.241 e. The van der Waals surface area contributed by atoms with Gasteiger partial charge in [-0.1, -0.05) is 12.2 Å². The lowest BCUT2D eigenvalue weighted by molar-refractivity contribution is 0.245. The molecule has 0 spiro atoms. The van der Waals surface area contributed by atoms with E-state index in [4.69, 9.17) is 0 Å². The average Bonchev–Trinajstić information content (AvgIpc) is 2.05. The number of hydrogen-bond acceptors (Lipinski definition) is 0. The van der Waals surface area contributed by atoms with Crippen LogP contribution in [0.1, 0.15) is 19.3 Å². The van der Waals surface area contributed by atoms with Crippen LogP contribution in [0.2, 0.25) is 0 Å². The predicted octanol–water partition coefficient (Wildman–Crippen LogP) is 1.58. The summed E-state index contributed by atoms with van der Waals surface area (Å²) in [5, 5.41) is 4.43. The lowest BCUT2D eigenvalue weighted by atomic mass is 9.79. The molecule has 0 N–H and O–H groups in total. The van der Waals surface area contributed by atoms with Crippen molar-refractivity contribution in [2.75, 3.05) is 13.1 Å². The van der Waals surface area contributed by atoms with Crippen molar-refractivity contribution in [2.24, 2.45) is 11.8 Å². The molecule has 1 nitrogen and oxygen atoms in total. The first kappa shape index (κ1) is 6.41. The molecule has 1 heteroatoms. The second kappa shape index (κ2) is 2.75. The molecule has 0 aromatic rings. The molecular weight excluding hydrogens is 122 g/mol. The van der Waals surface area contributed by atoms with Crippen LogP contribution < -0.4 is 5.32 Å². The summed E-state index contributed by atoms with van der Waals surface area (Å²) in [5.41, 5.74) is 0. The molecule has 0 aromatic carbocycles. The summed E-state index contributed by atoms with van der Waals surface area (Å²) in [7, 11) is 0. The second-order valence-corrected chi connectivity index (χ2v) is 3.38. The third kappa shape index (κ3) is 1.10. The van der Waals surface area contributed by atoms with Crippen molar-refractivity contribution < 1.29 is 0 Å². The van der Waals surface area contributed by atoms with Gasteiger partial charge in [-0.2, -0.15) is 0 Å². The Morgan fingerprint density at radius 3 is 2.70 bits per heavy atom. The summed E-state index contributed by atoms with van der Waals surface area (Å²) in [6.45, 7) is 2.25. The molecular formula is C9H14N. The van der Waals surface area contributed by atoms with Gasteiger partial charge in [0.1, 0.15) is 0 Å². The zero-order chi connectivity index (χ0) is 6.81. The monoisotopic (exact) mass is 136 g/mol. The molecule has 1 heterocycles. The summed E-state index contributed by atoms with van der Waals surface area (Å²) >= 11 is 0. The molecule has 1 aliphatic heterocycles. The number of rotatable bonds is 0. The van der Waals surface area contributed by atoms with Crippen LogP contribution in [-0.4, -0.2) is 13.1 Å². The average molecular weight is 136 g/mol. The Labute approximate surface area is 62.5 Å². The molecule has 2 unspecified atom stereocenters. The molecule has 1 saturated heterocycles. The molecule has 2 atom stereocenters. The number of hydrogen-bond donors (Lipinski definition) is 0. The highest BCUT2D eigenvalue weighted by Gasteiger charge is 2.25. The zero-order valence-electron chi connectivity index (χ0n) is 6.29. The second-order valence-electron chi connectivity index (χ2n) is 3.38. The summed E-state index contributed by atoms with van der Waals surface area (Å²) in [4.78, 5) is 0. The molecule has 55 valence electrons. The lowest BCUT2D eigenvalue weighted by Gasteiger charge is -2.32. The fourth-order valence-electron chi connectivity index (χ4n) is 2.02. The summed E-state index contributed by atoms with van der Waals surface area (Å²) in [6.07, 6.45) is 8.61. The number of piperidine rings is 1. The minimum absolute atomic E-state index is 0.902. The van der Waals surface area contributed by atoms with E-state index in [9.17, 15) is 0 Å². The van der Waals surface area contributed by atoms with Crippen molar-refractivity contribution in [1.29, 1.82) is 0 Å². The van der Waals surface area contributed by atoms with Gasteiger partial charge in [0, 0.05) is 13.1 Å². The molecule has 0 amide bonds. The fraction of sp³-hybridized carbons (Fsp3) is 0.778. The van der Waals surface area contributed by atoms with E-state index in [2.05, 4.69) is 17.5 Å². The molecule has 10 heavy (non-hydrogen) atoms. The third-order valence-corrected chi connectivity index (χ3v) is 2.73. The van der Waals surface area contributed by atoms with E-state index in [1.165, 1.54) is 19.3 Å². The predicted molar refractivity (Wildman–Crippen MR) is 41.8 cm³/mol. The van der Waals surface area contributed by atoms with E-state index in [0.29, 0.717) is 0 Å². The van der Waals surface area contributed by atoms with E-state index < -0.39 is 0 Å². The summed E-state index contributed by atoms with van der Waals surface area (Å²) in [5.74, 6) is 1.88. The summed E-state index contributed by atoms with van der Waals surface area (Å²) < 4.78 is 0. The van der Waals surface area contributed by atoms with Crippen molar-refractivity contribution >= 4 is 0 Å². The van der Waals surface area contributed by atoms with Gasteiger partial charge in [-0.15, -0.1) is 0 Å². The van der Waals surface area contributed by atoms with Crippen LogP contribution in [0, 0.1) is 11.8 Å². The minimum atomic E-state index is 0.902. The van der Waals surface area contributed by atoms with Crippen LogP contribution in [0.25, 0.3) is 0 Å². The van der Waals surface area contributed by atoms with Crippen LogP contribution in [0.5, 0.6) is 0 Å². The highest BCUT2D eigenvalue weighted by Crippen LogP contribution is 2.29. The van der Waals surface area contributed by atoms with Crippen molar-refractivity contribution in [3.8, 4) is 0 Å². The Hall–Kier alpha value is -0.300. The van der Waals surface area contributed by atoms with Gasteiger partial charge in [0.05, 0.1) is 0 Å². The first-order valence-corrected chi connectivity index (χ1v) is 4.25. The van der Waals surface area contributed by atoms with Gasteiger partial charge in [-0.05, 0) is 31.1 Å². The highest BCUT2D eigenvalue weighted by atomic mass is 14.9. The Bertz CT molecular complexity index is 124. The van der Waals surface area contributed by atoms with Crippen LogP contribution >= 0.6 is 0 Å². The molecule has 0 aromatic heterocycles.